The molecule has 0 saturated carbocycles. The van der Waals surface area contributed by atoms with Gasteiger partial charge in [-0.3, -0.25) is 9.59 Å². The van der Waals surface area contributed by atoms with Gasteiger partial charge in [0.15, 0.2) is 0 Å². The Hall–Kier alpha value is -2.77. The first-order valence-corrected chi connectivity index (χ1v) is 14.8. The summed E-state index contributed by atoms with van der Waals surface area (Å²) in [5.74, 6) is -0.952. The van der Waals surface area contributed by atoms with Gasteiger partial charge in [0, 0.05) is 18.7 Å². The molecule has 0 aromatic heterocycles. The fourth-order valence-electron chi connectivity index (χ4n) is 4.38. The maximum Gasteiger partial charge on any atom is 0.408 e. The van der Waals surface area contributed by atoms with E-state index < -0.39 is 23.8 Å². The molecule has 8 nitrogen and oxygen atoms in total. The highest BCUT2D eigenvalue weighted by Gasteiger charge is 2.38. The summed E-state index contributed by atoms with van der Waals surface area (Å²) in [7, 11) is 0. The van der Waals surface area contributed by atoms with Crippen molar-refractivity contribution in [2.24, 2.45) is 5.92 Å². The quantitative estimate of drug-likeness (QED) is 0.194. The lowest BCUT2D eigenvalue weighted by atomic mass is 9.95. The van der Waals surface area contributed by atoms with Crippen molar-refractivity contribution < 1.29 is 24.2 Å². The van der Waals surface area contributed by atoms with Gasteiger partial charge in [-0.2, -0.15) is 0 Å². The van der Waals surface area contributed by atoms with E-state index in [2.05, 4.69) is 17.6 Å². The zero-order chi connectivity index (χ0) is 29.4. The molecule has 0 aliphatic heterocycles. The first kappa shape index (κ1) is 34.3. The highest BCUT2D eigenvalue weighted by atomic mass is 16.6. The Morgan fingerprint density at radius 3 is 2.15 bits per heavy atom. The monoisotopic (exact) mass is 547 g/mol. The highest BCUT2D eigenvalue weighted by molar-refractivity contribution is 5.92. The molecule has 0 heterocycles. The Morgan fingerprint density at radius 2 is 1.56 bits per heavy atom. The zero-order valence-corrected chi connectivity index (χ0v) is 25.3. The number of ether oxygens (including phenoxy) is 1. The first-order chi connectivity index (χ1) is 18.5. The summed E-state index contributed by atoms with van der Waals surface area (Å²) in [5, 5.41) is 16.5. The smallest absolute Gasteiger partial charge is 0.408 e. The second-order valence-electron chi connectivity index (χ2n) is 11.4. The summed E-state index contributed by atoms with van der Waals surface area (Å²) < 4.78 is 5.47. The molecule has 1 aromatic carbocycles. The number of alkyl carbamates (subject to hydrolysis) is 1. The summed E-state index contributed by atoms with van der Waals surface area (Å²) in [6, 6.07) is 4.73. The van der Waals surface area contributed by atoms with Gasteiger partial charge in [-0.15, -0.1) is 0 Å². The van der Waals surface area contributed by atoms with Crippen LogP contribution < -0.4 is 10.6 Å². The number of unbranched alkanes of at least 4 members (excludes halogenated alkanes) is 6. The van der Waals surface area contributed by atoms with Crippen molar-refractivity contribution in [1.82, 2.24) is 15.5 Å². The van der Waals surface area contributed by atoms with Crippen LogP contribution in [-0.4, -0.2) is 52.6 Å². The number of amides is 3. The van der Waals surface area contributed by atoms with Crippen LogP contribution in [0.1, 0.15) is 118 Å². The number of carbonyl (C=O) groups is 3. The van der Waals surface area contributed by atoms with Crippen molar-refractivity contribution in [2.45, 2.75) is 124 Å². The Balaban J connectivity index is 3.44. The summed E-state index contributed by atoms with van der Waals surface area (Å²) in [6.07, 6.45) is 7.80. The van der Waals surface area contributed by atoms with Crippen molar-refractivity contribution >= 4 is 17.9 Å². The molecule has 8 heteroatoms. The van der Waals surface area contributed by atoms with E-state index in [1.165, 1.54) is 12.5 Å². The van der Waals surface area contributed by atoms with E-state index >= 15 is 0 Å². The van der Waals surface area contributed by atoms with E-state index in [9.17, 15) is 19.5 Å². The van der Waals surface area contributed by atoms with Crippen LogP contribution in [0.25, 0.3) is 0 Å². The van der Waals surface area contributed by atoms with Gasteiger partial charge in [-0.1, -0.05) is 90.8 Å². The molecule has 1 aromatic rings. The minimum Gasteiger partial charge on any atom is -0.508 e. The number of carbonyl (C=O) groups excluding carboxylic acids is 3. The predicted octanol–water partition coefficient (Wildman–Crippen LogP) is 6.48. The first-order valence-electron chi connectivity index (χ1n) is 14.8. The zero-order valence-electron chi connectivity index (χ0n) is 25.3. The van der Waals surface area contributed by atoms with Crippen LogP contribution in [-0.2, 0) is 14.3 Å². The SMILES string of the molecule is CCCCCCCCN(C(=O)C(NC(=O)OC(C)(C)C)C(C)CC)C(C(=O)NCCCC)c1ccccc1O. The number of aromatic hydroxyl groups is 1. The molecule has 0 aliphatic rings. The molecule has 0 radical (unpaired) electrons. The van der Waals surface area contributed by atoms with E-state index in [0.29, 0.717) is 31.5 Å². The van der Waals surface area contributed by atoms with Crippen molar-refractivity contribution in [3.63, 3.8) is 0 Å². The molecule has 0 bridgehead atoms. The number of benzene rings is 1. The number of nitrogens with one attached hydrogen (secondary N) is 2. The standard InChI is InChI=1S/C31H53N3O5/c1-8-11-13-14-15-18-22-34(29(37)26(23(4)10-3)33-30(38)39-31(5,6)7)27(28(36)32-21-12-9-2)24-19-16-17-20-25(24)35/h16-17,19-20,23,26-27,35H,8-15,18,21-22H2,1-7H3,(H,32,36)(H,33,38). The number of para-hydroxylation sites is 1. The van der Waals surface area contributed by atoms with Gasteiger partial charge < -0.3 is 25.4 Å². The second kappa shape index (κ2) is 17.7. The molecule has 0 aliphatic carbocycles. The number of hydrogen-bond donors (Lipinski definition) is 3. The van der Waals surface area contributed by atoms with Crippen molar-refractivity contribution in [1.29, 1.82) is 0 Å². The molecule has 0 spiro atoms. The average molecular weight is 548 g/mol. The van der Waals surface area contributed by atoms with Crippen molar-refractivity contribution in [3.8, 4) is 5.75 Å². The van der Waals surface area contributed by atoms with Crippen molar-refractivity contribution in [2.75, 3.05) is 13.1 Å². The highest BCUT2D eigenvalue weighted by Crippen LogP contribution is 2.31. The summed E-state index contributed by atoms with van der Waals surface area (Å²) in [5.41, 5.74) is -0.353. The molecule has 3 N–H and O–H groups in total. The molecular weight excluding hydrogens is 494 g/mol. The molecule has 0 saturated heterocycles. The van der Waals surface area contributed by atoms with Crippen molar-refractivity contribution in [3.05, 3.63) is 29.8 Å². The van der Waals surface area contributed by atoms with Gasteiger partial charge >= 0.3 is 6.09 Å². The third-order valence-electron chi connectivity index (χ3n) is 6.81. The lowest BCUT2D eigenvalue weighted by Crippen LogP contribution is -2.55. The minimum absolute atomic E-state index is 0.0471. The van der Waals surface area contributed by atoms with Crippen LogP contribution in [0.5, 0.6) is 5.75 Å². The van der Waals surface area contributed by atoms with Gasteiger partial charge in [0.25, 0.3) is 0 Å². The minimum atomic E-state index is -1.03. The number of rotatable bonds is 17. The maximum atomic E-state index is 14.3. The Bertz CT molecular complexity index is 883. The molecule has 1 rings (SSSR count). The van der Waals surface area contributed by atoms with Gasteiger partial charge in [-0.25, -0.2) is 4.79 Å². The third kappa shape index (κ3) is 12.3. The summed E-state index contributed by atoms with van der Waals surface area (Å²) in [4.78, 5) is 42.2. The van der Waals surface area contributed by atoms with Crippen LogP contribution in [0, 0.1) is 5.92 Å². The van der Waals surface area contributed by atoms with Crippen LogP contribution >= 0.6 is 0 Å². The van der Waals surface area contributed by atoms with Gasteiger partial charge in [-0.05, 0) is 45.6 Å². The number of phenolic OH excluding ortho intramolecular Hbond substituents is 1. The lowest BCUT2D eigenvalue weighted by molar-refractivity contribution is -0.143. The molecular formula is C31H53N3O5. The molecule has 0 fully saturated rings. The fraction of sp³-hybridized carbons (Fsp3) is 0.710. The van der Waals surface area contributed by atoms with E-state index in [1.54, 1.807) is 43.9 Å². The molecule has 3 atom stereocenters. The Morgan fingerprint density at radius 1 is 0.949 bits per heavy atom. The second-order valence-corrected chi connectivity index (χ2v) is 11.4. The topological polar surface area (TPSA) is 108 Å². The summed E-state index contributed by atoms with van der Waals surface area (Å²) >= 11 is 0. The van der Waals surface area contributed by atoms with E-state index in [4.69, 9.17) is 4.74 Å². The predicted molar refractivity (Wildman–Crippen MR) is 156 cm³/mol. The fourth-order valence-corrected chi connectivity index (χ4v) is 4.38. The van der Waals surface area contributed by atoms with E-state index in [1.807, 2.05) is 20.8 Å². The molecule has 3 amide bonds. The Kier molecular flexibility index (Phi) is 15.6. The van der Waals surface area contributed by atoms with Crippen LogP contribution in [0.15, 0.2) is 24.3 Å². The summed E-state index contributed by atoms with van der Waals surface area (Å²) in [6.45, 7) is 14.2. The largest absolute Gasteiger partial charge is 0.508 e. The normalized spacial score (nSPS) is 13.7. The number of hydrogen-bond acceptors (Lipinski definition) is 5. The number of nitrogens with zero attached hydrogens (tertiary/aromatic N) is 1. The lowest BCUT2D eigenvalue weighted by Gasteiger charge is -2.36. The van der Waals surface area contributed by atoms with Crippen LogP contribution in [0.2, 0.25) is 0 Å². The third-order valence-corrected chi connectivity index (χ3v) is 6.81. The van der Waals surface area contributed by atoms with Gasteiger partial charge in [0.05, 0.1) is 0 Å². The average Bonchev–Trinajstić information content (AvgIpc) is 2.87. The maximum absolute atomic E-state index is 14.3. The van der Waals surface area contributed by atoms with Crippen LogP contribution in [0.3, 0.4) is 0 Å². The van der Waals surface area contributed by atoms with Gasteiger partial charge in [0.1, 0.15) is 23.4 Å². The Labute approximate surface area is 236 Å². The van der Waals surface area contributed by atoms with E-state index in [0.717, 1.165) is 38.5 Å². The molecule has 3 unspecified atom stereocenters. The van der Waals surface area contributed by atoms with Gasteiger partial charge in [0.2, 0.25) is 11.8 Å². The molecule has 222 valence electrons. The van der Waals surface area contributed by atoms with Crippen LogP contribution in [0.4, 0.5) is 4.79 Å². The van der Waals surface area contributed by atoms with E-state index in [-0.39, 0.29) is 23.5 Å². The number of phenols is 1. The molecule has 39 heavy (non-hydrogen) atoms.